The summed E-state index contributed by atoms with van der Waals surface area (Å²) in [7, 11) is 0. The molecule has 13 heavy (non-hydrogen) atoms. The van der Waals surface area contributed by atoms with Crippen molar-refractivity contribution in [2.45, 2.75) is 38.8 Å². The van der Waals surface area contributed by atoms with Crippen molar-refractivity contribution in [3.8, 4) is 0 Å². The lowest BCUT2D eigenvalue weighted by Crippen LogP contribution is -2.17. The van der Waals surface area contributed by atoms with Crippen LogP contribution in [-0.4, -0.2) is 6.04 Å². The van der Waals surface area contributed by atoms with Crippen molar-refractivity contribution in [2.24, 2.45) is 5.92 Å². The van der Waals surface area contributed by atoms with Crippen LogP contribution in [0.4, 0.5) is 0 Å². The first-order valence-electron chi connectivity index (χ1n) is 5.14. The number of hydrogen-bond donors (Lipinski definition) is 1. The van der Waals surface area contributed by atoms with Crippen molar-refractivity contribution in [3.63, 3.8) is 0 Å². The van der Waals surface area contributed by atoms with E-state index in [2.05, 4.69) is 12.2 Å². The predicted octanol–water partition coefficient (Wildman–Crippen LogP) is 2.56. The first kappa shape index (κ1) is 8.82. The second kappa shape index (κ2) is 3.97. The average molecular weight is 179 g/mol. The number of rotatable bonds is 5. The van der Waals surface area contributed by atoms with Gasteiger partial charge in [0.1, 0.15) is 0 Å². The van der Waals surface area contributed by atoms with Crippen LogP contribution in [0.2, 0.25) is 0 Å². The first-order chi connectivity index (χ1) is 6.40. The van der Waals surface area contributed by atoms with Gasteiger partial charge in [-0.1, -0.05) is 13.3 Å². The molecule has 1 aliphatic carbocycles. The molecule has 72 valence electrons. The Kier molecular flexibility index (Phi) is 2.69. The fourth-order valence-electron chi connectivity index (χ4n) is 1.83. The highest BCUT2D eigenvalue weighted by Gasteiger charge is 2.35. The van der Waals surface area contributed by atoms with Gasteiger partial charge in [0.25, 0.3) is 0 Å². The minimum atomic E-state index is 0.773. The smallest absolute Gasteiger partial charge is 0.0947 e. The fraction of sp³-hybridized carbons (Fsp3) is 0.636. The largest absolute Gasteiger partial charge is 0.472 e. The quantitative estimate of drug-likeness (QED) is 0.751. The molecule has 2 nitrogen and oxygen atoms in total. The third kappa shape index (κ3) is 2.34. The van der Waals surface area contributed by atoms with E-state index < -0.39 is 0 Å². The van der Waals surface area contributed by atoms with E-state index in [1.807, 2.05) is 12.3 Å². The summed E-state index contributed by atoms with van der Waals surface area (Å²) in [5, 5.41) is 3.53. The van der Waals surface area contributed by atoms with Crippen LogP contribution >= 0.6 is 0 Å². The SMILES string of the molecule is CCCC1CC1NCc1ccoc1. The Labute approximate surface area is 79.3 Å². The van der Waals surface area contributed by atoms with E-state index in [9.17, 15) is 0 Å². The molecule has 0 saturated heterocycles. The van der Waals surface area contributed by atoms with E-state index in [0.29, 0.717) is 0 Å². The van der Waals surface area contributed by atoms with Crippen molar-refractivity contribution in [1.82, 2.24) is 5.32 Å². The molecule has 1 saturated carbocycles. The van der Waals surface area contributed by atoms with Crippen LogP contribution in [0.5, 0.6) is 0 Å². The molecule has 0 amide bonds. The molecule has 0 aromatic carbocycles. The summed E-state index contributed by atoms with van der Waals surface area (Å²) in [6.07, 6.45) is 7.60. The fourth-order valence-corrected chi connectivity index (χ4v) is 1.83. The summed E-state index contributed by atoms with van der Waals surface area (Å²) in [4.78, 5) is 0. The number of nitrogens with one attached hydrogen (secondary N) is 1. The first-order valence-corrected chi connectivity index (χ1v) is 5.14. The Hall–Kier alpha value is -0.760. The molecule has 0 bridgehead atoms. The highest BCUT2D eigenvalue weighted by molar-refractivity contribution is 5.06. The molecule has 1 aromatic heterocycles. The molecule has 2 unspecified atom stereocenters. The van der Waals surface area contributed by atoms with Crippen LogP contribution in [0.3, 0.4) is 0 Å². The predicted molar refractivity (Wildman–Crippen MR) is 52.4 cm³/mol. The van der Waals surface area contributed by atoms with Gasteiger partial charge in [-0.15, -0.1) is 0 Å². The second-order valence-corrected chi connectivity index (χ2v) is 3.90. The zero-order valence-corrected chi connectivity index (χ0v) is 8.12. The average Bonchev–Trinajstić information content (AvgIpc) is 2.66. The van der Waals surface area contributed by atoms with Gasteiger partial charge in [-0.25, -0.2) is 0 Å². The molecule has 2 heteroatoms. The van der Waals surface area contributed by atoms with Crippen molar-refractivity contribution < 1.29 is 4.42 Å². The van der Waals surface area contributed by atoms with Gasteiger partial charge in [-0.05, 0) is 24.8 Å². The Morgan fingerprint density at radius 2 is 2.54 bits per heavy atom. The third-order valence-electron chi connectivity index (χ3n) is 2.73. The van der Waals surface area contributed by atoms with E-state index >= 15 is 0 Å². The highest BCUT2D eigenvalue weighted by Crippen LogP contribution is 2.34. The van der Waals surface area contributed by atoms with Crippen molar-refractivity contribution >= 4 is 0 Å². The minimum Gasteiger partial charge on any atom is -0.472 e. The lowest BCUT2D eigenvalue weighted by Gasteiger charge is -2.00. The Morgan fingerprint density at radius 3 is 3.23 bits per heavy atom. The maximum Gasteiger partial charge on any atom is 0.0947 e. The van der Waals surface area contributed by atoms with E-state index in [-0.39, 0.29) is 0 Å². The normalized spacial score (nSPS) is 26.2. The standard InChI is InChI=1S/C11H17NO/c1-2-3-10-6-11(10)12-7-9-4-5-13-8-9/h4-5,8,10-12H,2-3,6-7H2,1H3. The molecule has 1 fully saturated rings. The van der Waals surface area contributed by atoms with Gasteiger partial charge in [0, 0.05) is 18.2 Å². The molecule has 1 aromatic rings. The van der Waals surface area contributed by atoms with Crippen LogP contribution in [0.25, 0.3) is 0 Å². The topological polar surface area (TPSA) is 25.2 Å². The maximum atomic E-state index is 5.00. The second-order valence-electron chi connectivity index (χ2n) is 3.90. The summed E-state index contributed by atoms with van der Waals surface area (Å²) in [6, 6.07) is 2.79. The van der Waals surface area contributed by atoms with E-state index in [1.54, 1.807) is 6.26 Å². The molecular weight excluding hydrogens is 162 g/mol. The van der Waals surface area contributed by atoms with Crippen LogP contribution in [-0.2, 0) is 6.54 Å². The Morgan fingerprint density at radius 1 is 1.62 bits per heavy atom. The third-order valence-corrected chi connectivity index (χ3v) is 2.73. The van der Waals surface area contributed by atoms with Crippen LogP contribution < -0.4 is 5.32 Å². The van der Waals surface area contributed by atoms with E-state index in [4.69, 9.17) is 4.42 Å². The van der Waals surface area contributed by atoms with Gasteiger partial charge in [0.2, 0.25) is 0 Å². The van der Waals surface area contributed by atoms with E-state index in [1.165, 1.54) is 24.8 Å². The molecular formula is C11H17NO. The molecule has 1 heterocycles. The van der Waals surface area contributed by atoms with Crippen LogP contribution in [0.15, 0.2) is 23.0 Å². The summed E-state index contributed by atoms with van der Waals surface area (Å²) >= 11 is 0. The molecule has 0 radical (unpaired) electrons. The maximum absolute atomic E-state index is 5.00. The van der Waals surface area contributed by atoms with Crippen molar-refractivity contribution in [2.75, 3.05) is 0 Å². The molecule has 1 N–H and O–H groups in total. The highest BCUT2D eigenvalue weighted by atomic mass is 16.3. The Balaban J connectivity index is 1.65. The van der Waals surface area contributed by atoms with Gasteiger partial charge < -0.3 is 9.73 Å². The summed E-state index contributed by atoms with van der Waals surface area (Å²) < 4.78 is 5.00. The lowest BCUT2D eigenvalue weighted by molar-refractivity contribution is 0.556. The molecule has 1 aliphatic rings. The van der Waals surface area contributed by atoms with Crippen LogP contribution in [0, 0.1) is 5.92 Å². The molecule has 0 spiro atoms. The summed E-state index contributed by atoms with van der Waals surface area (Å²) in [5.41, 5.74) is 1.25. The molecule has 0 aliphatic heterocycles. The van der Waals surface area contributed by atoms with E-state index in [0.717, 1.165) is 18.5 Å². The summed E-state index contributed by atoms with van der Waals surface area (Å²) in [6.45, 7) is 3.22. The number of hydrogen-bond acceptors (Lipinski definition) is 2. The Bertz CT molecular complexity index is 243. The van der Waals surface area contributed by atoms with Gasteiger partial charge in [-0.3, -0.25) is 0 Å². The minimum absolute atomic E-state index is 0.773. The molecule has 2 rings (SSSR count). The molecule has 2 atom stereocenters. The van der Waals surface area contributed by atoms with Gasteiger partial charge in [-0.2, -0.15) is 0 Å². The van der Waals surface area contributed by atoms with Gasteiger partial charge in [0.05, 0.1) is 12.5 Å². The van der Waals surface area contributed by atoms with Crippen molar-refractivity contribution in [1.29, 1.82) is 0 Å². The monoisotopic (exact) mass is 179 g/mol. The number of furan rings is 1. The van der Waals surface area contributed by atoms with Gasteiger partial charge >= 0.3 is 0 Å². The zero-order chi connectivity index (χ0) is 9.10. The van der Waals surface area contributed by atoms with Gasteiger partial charge in [0.15, 0.2) is 0 Å². The van der Waals surface area contributed by atoms with Crippen LogP contribution in [0.1, 0.15) is 31.7 Å². The lowest BCUT2D eigenvalue weighted by atomic mass is 10.2. The zero-order valence-electron chi connectivity index (χ0n) is 8.12. The van der Waals surface area contributed by atoms with Crippen molar-refractivity contribution in [3.05, 3.63) is 24.2 Å². The summed E-state index contributed by atoms with van der Waals surface area (Å²) in [5.74, 6) is 0.942.